The average molecular weight is 419 g/mol. The topological polar surface area (TPSA) is 69.7 Å². The van der Waals surface area contributed by atoms with E-state index < -0.39 is 0 Å². The van der Waals surface area contributed by atoms with Crippen LogP contribution < -0.4 is 0 Å². The van der Waals surface area contributed by atoms with Crippen LogP contribution in [0.25, 0.3) is 0 Å². The van der Waals surface area contributed by atoms with Gasteiger partial charge in [-0.05, 0) is 80.5 Å². The fraction of sp³-hybridized carbons (Fsp3) is 0.880. The van der Waals surface area contributed by atoms with Gasteiger partial charge in [0.1, 0.15) is 18.0 Å². The largest absolute Gasteiger partial charge is 0.463 e. The summed E-state index contributed by atoms with van der Waals surface area (Å²) < 4.78 is 11.1. The maximum Gasteiger partial charge on any atom is 0.302 e. The first kappa shape index (κ1) is 21.8. The minimum absolute atomic E-state index is 0.0153. The SMILES string of the molecule is CC(=O)O[C@@H]1CC[C@@]2(C)[C@H](CC[C@H]3[C@H]4CC[C@@H]([C@@H](C)OC(C)=O)[C@@]4(C)CC(=O)[C@@H]32)C1. The molecule has 0 aromatic carbocycles. The van der Waals surface area contributed by atoms with Gasteiger partial charge in [-0.3, -0.25) is 14.4 Å². The summed E-state index contributed by atoms with van der Waals surface area (Å²) in [5.41, 5.74) is -0.0389. The van der Waals surface area contributed by atoms with Gasteiger partial charge < -0.3 is 9.47 Å². The van der Waals surface area contributed by atoms with E-state index in [9.17, 15) is 14.4 Å². The molecule has 0 spiro atoms. The van der Waals surface area contributed by atoms with Crippen LogP contribution in [-0.4, -0.2) is 29.9 Å². The Morgan fingerprint density at radius 2 is 1.73 bits per heavy atom. The highest BCUT2D eigenvalue weighted by molar-refractivity contribution is 5.84. The van der Waals surface area contributed by atoms with Crippen LogP contribution in [0.4, 0.5) is 0 Å². The van der Waals surface area contributed by atoms with Crippen molar-refractivity contribution in [3.05, 3.63) is 0 Å². The molecule has 0 heterocycles. The Morgan fingerprint density at radius 3 is 2.40 bits per heavy atom. The molecule has 4 saturated carbocycles. The van der Waals surface area contributed by atoms with Gasteiger partial charge in [-0.2, -0.15) is 0 Å². The first-order valence-corrected chi connectivity index (χ1v) is 11.9. The Balaban J connectivity index is 1.56. The third-order valence-electron chi connectivity index (χ3n) is 9.62. The number of carbonyl (C=O) groups is 3. The zero-order chi connectivity index (χ0) is 21.8. The van der Waals surface area contributed by atoms with E-state index in [0.717, 1.165) is 44.9 Å². The molecule has 0 radical (unpaired) electrons. The summed E-state index contributed by atoms with van der Waals surface area (Å²) in [7, 11) is 0. The quantitative estimate of drug-likeness (QED) is 0.621. The van der Waals surface area contributed by atoms with Crippen LogP contribution >= 0.6 is 0 Å². The molecule has 0 aromatic rings. The summed E-state index contributed by atoms with van der Waals surface area (Å²) in [6, 6.07) is 0. The Bertz CT molecular complexity index is 731. The lowest BCUT2D eigenvalue weighted by molar-refractivity contribution is -0.172. The zero-order valence-corrected chi connectivity index (χ0v) is 19.2. The van der Waals surface area contributed by atoms with Gasteiger partial charge in [0.25, 0.3) is 0 Å². The number of carbonyl (C=O) groups excluding carboxylic acids is 3. The molecule has 4 aliphatic rings. The van der Waals surface area contributed by atoms with E-state index in [1.807, 2.05) is 6.92 Å². The lowest BCUT2D eigenvalue weighted by atomic mass is 9.44. The minimum atomic E-state index is -0.230. The molecule has 4 rings (SSSR count). The fourth-order valence-electron chi connectivity index (χ4n) is 8.53. The number of ketones is 1. The van der Waals surface area contributed by atoms with Gasteiger partial charge in [0.15, 0.2) is 0 Å². The van der Waals surface area contributed by atoms with Crippen LogP contribution in [-0.2, 0) is 23.9 Å². The van der Waals surface area contributed by atoms with Crippen LogP contribution in [0.5, 0.6) is 0 Å². The van der Waals surface area contributed by atoms with E-state index >= 15 is 0 Å². The highest BCUT2D eigenvalue weighted by Gasteiger charge is 2.64. The van der Waals surface area contributed by atoms with Crippen molar-refractivity contribution in [1.29, 1.82) is 0 Å². The molecule has 0 amide bonds. The van der Waals surface area contributed by atoms with Crippen molar-refractivity contribution >= 4 is 17.7 Å². The Morgan fingerprint density at radius 1 is 1.00 bits per heavy atom. The standard InChI is InChI=1S/C25H38O5/c1-14(29-15(2)26)20-8-9-21-19-7-6-17-12-18(30-16(3)27)10-11-24(17,4)23(19)22(28)13-25(20,21)5/h14,17-21,23H,6-13H2,1-5H3/t14-,17-,18-,19+,20+,21-,23-,24+,25-/m1/s1. The summed E-state index contributed by atoms with van der Waals surface area (Å²) in [5, 5.41) is 0. The minimum Gasteiger partial charge on any atom is -0.463 e. The van der Waals surface area contributed by atoms with Crippen molar-refractivity contribution in [2.75, 3.05) is 0 Å². The molecule has 5 nitrogen and oxygen atoms in total. The van der Waals surface area contributed by atoms with E-state index in [4.69, 9.17) is 9.47 Å². The third kappa shape index (κ3) is 3.40. The smallest absolute Gasteiger partial charge is 0.302 e. The summed E-state index contributed by atoms with van der Waals surface area (Å²) in [4.78, 5) is 36.7. The monoisotopic (exact) mass is 418 g/mol. The third-order valence-corrected chi connectivity index (χ3v) is 9.62. The average Bonchev–Trinajstić information content (AvgIpc) is 2.97. The van der Waals surface area contributed by atoms with Crippen molar-refractivity contribution in [1.82, 2.24) is 0 Å². The molecule has 168 valence electrons. The molecule has 5 heteroatoms. The van der Waals surface area contributed by atoms with E-state index in [-0.39, 0.29) is 46.8 Å². The van der Waals surface area contributed by atoms with Crippen LogP contribution in [0, 0.1) is 40.4 Å². The van der Waals surface area contributed by atoms with Gasteiger partial charge in [0.05, 0.1) is 0 Å². The van der Waals surface area contributed by atoms with Gasteiger partial charge in [-0.1, -0.05) is 13.8 Å². The first-order chi connectivity index (χ1) is 14.1. The van der Waals surface area contributed by atoms with E-state index in [2.05, 4.69) is 13.8 Å². The number of hydrogen-bond donors (Lipinski definition) is 0. The molecular weight excluding hydrogens is 380 g/mol. The predicted molar refractivity (Wildman–Crippen MR) is 112 cm³/mol. The van der Waals surface area contributed by atoms with E-state index in [1.165, 1.54) is 13.8 Å². The lowest BCUT2D eigenvalue weighted by Gasteiger charge is -2.60. The maximum atomic E-state index is 13.7. The lowest BCUT2D eigenvalue weighted by Crippen LogP contribution is -2.58. The molecule has 0 bridgehead atoms. The van der Waals surface area contributed by atoms with Crippen molar-refractivity contribution in [2.24, 2.45) is 40.4 Å². The molecule has 4 fully saturated rings. The Kier molecular flexibility index (Phi) is 5.55. The Labute approximate surface area is 180 Å². The first-order valence-electron chi connectivity index (χ1n) is 11.9. The van der Waals surface area contributed by atoms with Crippen LogP contribution in [0.1, 0.15) is 86.0 Å². The summed E-state index contributed by atoms with van der Waals surface area (Å²) >= 11 is 0. The fourth-order valence-corrected chi connectivity index (χ4v) is 8.53. The van der Waals surface area contributed by atoms with Crippen LogP contribution in [0.2, 0.25) is 0 Å². The van der Waals surface area contributed by atoms with Gasteiger partial charge in [-0.25, -0.2) is 0 Å². The molecule has 0 N–H and O–H groups in total. The number of fused-ring (bicyclic) bond motifs is 5. The number of ether oxygens (including phenoxy) is 2. The summed E-state index contributed by atoms with van der Waals surface area (Å²) in [6.45, 7) is 9.60. The molecule has 0 unspecified atom stereocenters. The Hall–Kier alpha value is -1.39. The van der Waals surface area contributed by atoms with Gasteiger partial charge in [-0.15, -0.1) is 0 Å². The zero-order valence-electron chi connectivity index (χ0n) is 19.2. The highest BCUT2D eigenvalue weighted by atomic mass is 16.5. The van der Waals surface area contributed by atoms with Crippen LogP contribution in [0.15, 0.2) is 0 Å². The summed E-state index contributed by atoms with van der Waals surface area (Å²) in [6.07, 6.45) is 7.65. The number of Topliss-reactive ketones (excluding diaryl/α,β-unsaturated/α-hetero) is 1. The molecule has 0 aliphatic heterocycles. The van der Waals surface area contributed by atoms with Gasteiger partial charge in [0, 0.05) is 32.1 Å². The van der Waals surface area contributed by atoms with Crippen molar-refractivity contribution < 1.29 is 23.9 Å². The van der Waals surface area contributed by atoms with E-state index in [1.54, 1.807) is 0 Å². The van der Waals surface area contributed by atoms with Gasteiger partial charge >= 0.3 is 11.9 Å². The molecule has 9 atom stereocenters. The number of rotatable bonds is 3. The summed E-state index contributed by atoms with van der Waals surface area (Å²) in [5.74, 6) is 1.84. The normalized spacial score (nSPS) is 46.2. The van der Waals surface area contributed by atoms with E-state index in [0.29, 0.717) is 30.0 Å². The maximum absolute atomic E-state index is 13.7. The molecule has 0 aromatic heterocycles. The second-order valence-corrected chi connectivity index (χ2v) is 11.2. The van der Waals surface area contributed by atoms with Crippen LogP contribution in [0.3, 0.4) is 0 Å². The van der Waals surface area contributed by atoms with Crippen molar-refractivity contribution in [2.45, 2.75) is 98.2 Å². The number of esters is 2. The highest BCUT2D eigenvalue weighted by Crippen LogP contribution is 2.67. The second-order valence-electron chi connectivity index (χ2n) is 11.2. The van der Waals surface area contributed by atoms with Crippen molar-refractivity contribution in [3.8, 4) is 0 Å². The van der Waals surface area contributed by atoms with Gasteiger partial charge in [0.2, 0.25) is 0 Å². The second kappa shape index (κ2) is 7.63. The molecular formula is C25H38O5. The molecule has 30 heavy (non-hydrogen) atoms. The molecule has 0 saturated heterocycles. The molecule has 4 aliphatic carbocycles. The van der Waals surface area contributed by atoms with Crippen molar-refractivity contribution in [3.63, 3.8) is 0 Å². The predicted octanol–water partition coefficient (Wildman–Crippen LogP) is 4.71. The number of hydrogen-bond acceptors (Lipinski definition) is 5.